The highest BCUT2D eigenvalue weighted by Gasteiger charge is 2.44. The SMILES string of the molecule is CC(C)N1C2CCO[C@H](C)C1C2. The molecule has 3 rings (SSSR count). The van der Waals surface area contributed by atoms with Crippen LogP contribution in [0.15, 0.2) is 0 Å². The van der Waals surface area contributed by atoms with Gasteiger partial charge in [-0.25, -0.2) is 0 Å². The minimum atomic E-state index is 0.450. The van der Waals surface area contributed by atoms with Gasteiger partial charge in [0.05, 0.1) is 6.10 Å². The molecule has 2 unspecified atom stereocenters. The van der Waals surface area contributed by atoms with E-state index in [2.05, 4.69) is 25.7 Å². The van der Waals surface area contributed by atoms with Crippen molar-refractivity contribution < 1.29 is 4.74 Å². The summed E-state index contributed by atoms with van der Waals surface area (Å²) in [5.74, 6) is 0. The van der Waals surface area contributed by atoms with Gasteiger partial charge in [-0.2, -0.15) is 0 Å². The first-order valence-corrected chi connectivity index (χ1v) is 5.09. The summed E-state index contributed by atoms with van der Waals surface area (Å²) in [5, 5.41) is 0. The number of fused-ring (bicyclic) bond motifs is 3. The predicted octanol–water partition coefficient (Wildman–Crippen LogP) is 1.65. The fraction of sp³-hybridized carbons (Fsp3) is 1.00. The minimum Gasteiger partial charge on any atom is -0.377 e. The van der Waals surface area contributed by atoms with Crippen molar-refractivity contribution in [2.45, 2.75) is 57.8 Å². The highest BCUT2D eigenvalue weighted by molar-refractivity contribution is 4.99. The normalized spacial score (nSPS) is 42.5. The Balaban J connectivity index is 2.06. The number of hydrogen-bond acceptors (Lipinski definition) is 2. The Bertz CT molecular complexity index is 169. The summed E-state index contributed by atoms with van der Waals surface area (Å²) in [5.41, 5.74) is 0. The predicted molar refractivity (Wildman–Crippen MR) is 49.2 cm³/mol. The molecule has 3 saturated heterocycles. The third-order valence-corrected chi connectivity index (χ3v) is 3.29. The highest BCUT2D eigenvalue weighted by atomic mass is 16.5. The molecule has 0 aromatic rings. The molecule has 0 N–H and O–H groups in total. The van der Waals surface area contributed by atoms with E-state index in [0.29, 0.717) is 18.2 Å². The molecule has 2 nitrogen and oxygen atoms in total. The maximum Gasteiger partial charge on any atom is 0.0702 e. The van der Waals surface area contributed by atoms with Gasteiger partial charge >= 0.3 is 0 Å². The summed E-state index contributed by atoms with van der Waals surface area (Å²) in [4.78, 5) is 2.62. The van der Waals surface area contributed by atoms with Crippen LogP contribution in [-0.4, -0.2) is 35.7 Å². The second-order valence-electron chi connectivity index (χ2n) is 4.36. The van der Waals surface area contributed by atoms with Crippen molar-refractivity contribution >= 4 is 0 Å². The van der Waals surface area contributed by atoms with Crippen molar-refractivity contribution in [1.82, 2.24) is 4.90 Å². The van der Waals surface area contributed by atoms with E-state index in [0.717, 1.165) is 12.6 Å². The molecule has 3 aliphatic rings. The Morgan fingerprint density at radius 1 is 1.42 bits per heavy atom. The van der Waals surface area contributed by atoms with E-state index in [4.69, 9.17) is 4.74 Å². The van der Waals surface area contributed by atoms with Crippen molar-refractivity contribution in [3.05, 3.63) is 0 Å². The monoisotopic (exact) mass is 169 g/mol. The molecule has 0 spiro atoms. The third kappa shape index (κ3) is 1.17. The van der Waals surface area contributed by atoms with Crippen LogP contribution in [0.5, 0.6) is 0 Å². The maximum absolute atomic E-state index is 5.70. The van der Waals surface area contributed by atoms with E-state index < -0.39 is 0 Å². The summed E-state index contributed by atoms with van der Waals surface area (Å²) in [6, 6.07) is 2.22. The maximum atomic E-state index is 5.70. The van der Waals surface area contributed by atoms with Crippen LogP contribution in [0.2, 0.25) is 0 Å². The van der Waals surface area contributed by atoms with E-state index in [1.165, 1.54) is 12.8 Å². The van der Waals surface area contributed by atoms with Gasteiger partial charge in [-0.05, 0) is 33.6 Å². The molecule has 0 aromatic carbocycles. The van der Waals surface area contributed by atoms with E-state index in [1.807, 2.05) is 0 Å². The van der Waals surface area contributed by atoms with Gasteiger partial charge in [-0.3, -0.25) is 4.90 Å². The number of nitrogens with zero attached hydrogens (tertiary/aromatic N) is 1. The summed E-state index contributed by atoms with van der Waals surface area (Å²) in [6.45, 7) is 7.75. The Morgan fingerprint density at radius 3 is 2.83 bits per heavy atom. The second kappa shape index (κ2) is 3.00. The van der Waals surface area contributed by atoms with Crippen LogP contribution in [0.4, 0.5) is 0 Å². The largest absolute Gasteiger partial charge is 0.377 e. The van der Waals surface area contributed by atoms with Gasteiger partial charge in [0, 0.05) is 24.7 Å². The molecule has 0 saturated carbocycles. The molecular weight excluding hydrogens is 150 g/mol. The average Bonchev–Trinajstić information content (AvgIpc) is 2.15. The first-order chi connectivity index (χ1) is 5.70. The van der Waals surface area contributed by atoms with Gasteiger partial charge in [-0.15, -0.1) is 0 Å². The van der Waals surface area contributed by atoms with Gasteiger partial charge in [-0.1, -0.05) is 0 Å². The standard InChI is InChI=1S/C10H19NO/c1-7(2)11-9-4-5-12-8(3)10(11)6-9/h7-10H,4-6H2,1-3H3/t8-,9?,10?/m1/s1. The van der Waals surface area contributed by atoms with Gasteiger partial charge in [0.15, 0.2) is 0 Å². The third-order valence-electron chi connectivity index (χ3n) is 3.29. The van der Waals surface area contributed by atoms with E-state index in [-0.39, 0.29) is 0 Å². The summed E-state index contributed by atoms with van der Waals surface area (Å²) in [6.07, 6.45) is 3.05. The Kier molecular flexibility index (Phi) is 2.13. The molecule has 70 valence electrons. The van der Waals surface area contributed by atoms with Crippen molar-refractivity contribution in [1.29, 1.82) is 0 Å². The molecule has 2 bridgehead atoms. The van der Waals surface area contributed by atoms with Crippen LogP contribution in [0.25, 0.3) is 0 Å². The van der Waals surface area contributed by atoms with Crippen molar-refractivity contribution in [2.75, 3.05) is 6.61 Å². The molecule has 3 fully saturated rings. The van der Waals surface area contributed by atoms with E-state index >= 15 is 0 Å². The van der Waals surface area contributed by atoms with E-state index in [9.17, 15) is 0 Å². The number of hydrogen-bond donors (Lipinski definition) is 0. The zero-order valence-corrected chi connectivity index (χ0v) is 8.29. The van der Waals surface area contributed by atoms with Gasteiger partial charge in [0.2, 0.25) is 0 Å². The molecule has 0 amide bonds. The fourth-order valence-electron chi connectivity index (χ4n) is 2.66. The molecular formula is C10H19NO. The lowest BCUT2D eigenvalue weighted by molar-refractivity contribution is -0.0533. The summed E-state index contributed by atoms with van der Waals surface area (Å²) >= 11 is 0. The smallest absolute Gasteiger partial charge is 0.0702 e. The average molecular weight is 169 g/mol. The van der Waals surface area contributed by atoms with Crippen molar-refractivity contribution in [2.24, 2.45) is 0 Å². The highest BCUT2D eigenvalue weighted by Crippen LogP contribution is 2.36. The Hall–Kier alpha value is -0.0800. The first-order valence-electron chi connectivity index (χ1n) is 5.09. The summed E-state index contributed by atoms with van der Waals surface area (Å²) < 4.78 is 5.70. The molecule has 0 aliphatic carbocycles. The fourth-order valence-corrected chi connectivity index (χ4v) is 2.66. The quantitative estimate of drug-likeness (QED) is 0.592. The number of ether oxygens (including phenoxy) is 1. The lowest BCUT2D eigenvalue weighted by atomic mass is 9.87. The molecule has 3 heterocycles. The van der Waals surface area contributed by atoms with Gasteiger partial charge in [0.1, 0.15) is 0 Å². The zero-order chi connectivity index (χ0) is 8.72. The topological polar surface area (TPSA) is 12.5 Å². The molecule has 0 aromatic heterocycles. The Labute approximate surface area is 74.9 Å². The summed E-state index contributed by atoms with van der Waals surface area (Å²) in [7, 11) is 0. The van der Waals surface area contributed by atoms with Crippen LogP contribution in [-0.2, 0) is 4.74 Å². The molecule has 3 atom stereocenters. The molecule has 12 heavy (non-hydrogen) atoms. The number of rotatable bonds is 1. The van der Waals surface area contributed by atoms with Crippen molar-refractivity contribution in [3.8, 4) is 0 Å². The van der Waals surface area contributed by atoms with Crippen molar-refractivity contribution in [3.63, 3.8) is 0 Å². The van der Waals surface area contributed by atoms with Crippen LogP contribution in [0.1, 0.15) is 33.6 Å². The Morgan fingerprint density at radius 2 is 2.17 bits per heavy atom. The lowest BCUT2D eigenvalue weighted by Crippen LogP contribution is -2.61. The molecule has 2 heteroatoms. The second-order valence-corrected chi connectivity index (χ2v) is 4.36. The zero-order valence-electron chi connectivity index (χ0n) is 8.29. The van der Waals surface area contributed by atoms with Gasteiger partial charge in [0.25, 0.3) is 0 Å². The van der Waals surface area contributed by atoms with Crippen LogP contribution in [0.3, 0.4) is 0 Å². The van der Waals surface area contributed by atoms with Crippen LogP contribution >= 0.6 is 0 Å². The lowest BCUT2D eigenvalue weighted by Gasteiger charge is -2.51. The van der Waals surface area contributed by atoms with Crippen LogP contribution in [0, 0.1) is 0 Å². The van der Waals surface area contributed by atoms with Gasteiger partial charge < -0.3 is 4.74 Å². The molecule has 3 aliphatic heterocycles. The molecule has 0 radical (unpaired) electrons. The van der Waals surface area contributed by atoms with Crippen LogP contribution < -0.4 is 0 Å². The minimum absolute atomic E-state index is 0.450. The first kappa shape index (κ1) is 8.52. The van der Waals surface area contributed by atoms with E-state index in [1.54, 1.807) is 0 Å².